The van der Waals surface area contributed by atoms with E-state index in [1.165, 1.54) is 6.07 Å². The SMILES string of the molecule is O=c1c2ccccc2oc2c1ccc1ccc(C(F)(F)F)cc12. The Hall–Kier alpha value is -2.82. The largest absolute Gasteiger partial charge is 0.455 e. The van der Waals surface area contributed by atoms with Crippen LogP contribution in [0, 0.1) is 0 Å². The van der Waals surface area contributed by atoms with E-state index >= 15 is 0 Å². The van der Waals surface area contributed by atoms with Gasteiger partial charge in [-0.1, -0.05) is 24.3 Å². The van der Waals surface area contributed by atoms with E-state index in [1.807, 2.05) is 0 Å². The van der Waals surface area contributed by atoms with E-state index in [2.05, 4.69) is 0 Å². The molecule has 0 N–H and O–H groups in total. The van der Waals surface area contributed by atoms with Crippen LogP contribution in [-0.2, 0) is 6.18 Å². The van der Waals surface area contributed by atoms with Crippen molar-refractivity contribution in [2.75, 3.05) is 0 Å². The summed E-state index contributed by atoms with van der Waals surface area (Å²) in [4.78, 5) is 12.5. The maximum Gasteiger partial charge on any atom is 0.416 e. The Morgan fingerprint density at radius 1 is 0.826 bits per heavy atom. The normalized spacial score (nSPS) is 12.3. The first-order valence-electron chi connectivity index (χ1n) is 6.91. The van der Waals surface area contributed by atoms with Gasteiger partial charge >= 0.3 is 6.18 Å². The lowest BCUT2D eigenvalue weighted by Crippen LogP contribution is -2.05. The lowest BCUT2D eigenvalue weighted by molar-refractivity contribution is -0.137. The van der Waals surface area contributed by atoms with Gasteiger partial charge in [-0.15, -0.1) is 0 Å². The third-order valence-corrected chi connectivity index (χ3v) is 3.89. The van der Waals surface area contributed by atoms with E-state index < -0.39 is 11.7 Å². The highest BCUT2D eigenvalue weighted by Crippen LogP contribution is 2.34. The monoisotopic (exact) mass is 314 g/mol. The molecule has 0 radical (unpaired) electrons. The Bertz CT molecular complexity index is 1120. The number of halogens is 3. The van der Waals surface area contributed by atoms with Crippen molar-refractivity contribution in [2.45, 2.75) is 6.18 Å². The second-order valence-corrected chi connectivity index (χ2v) is 5.30. The molecule has 1 aromatic heterocycles. The fraction of sp³-hybridized carbons (Fsp3) is 0.0556. The zero-order chi connectivity index (χ0) is 16.2. The van der Waals surface area contributed by atoms with Gasteiger partial charge in [0, 0.05) is 5.39 Å². The summed E-state index contributed by atoms with van der Waals surface area (Å²) in [7, 11) is 0. The molecule has 4 rings (SSSR count). The summed E-state index contributed by atoms with van der Waals surface area (Å²) in [6, 6.07) is 13.3. The van der Waals surface area contributed by atoms with Gasteiger partial charge in [-0.3, -0.25) is 4.79 Å². The van der Waals surface area contributed by atoms with Crippen molar-refractivity contribution in [1.29, 1.82) is 0 Å². The second kappa shape index (κ2) is 4.59. The van der Waals surface area contributed by atoms with E-state index in [9.17, 15) is 18.0 Å². The molecule has 23 heavy (non-hydrogen) atoms. The second-order valence-electron chi connectivity index (χ2n) is 5.30. The average Bonchev–Trinajstić information content (AvgIpc) is 2.53. The van der Waals surface area contributed by atoms with Crippen molar-refractivity contribution < 1.29 is 17.6 Å². The van der Waals surface area contributed by atoms with E-state index in [-0.39, 0.29) is 21.8 Å². The molecule has 0 fully saturated rings. The maximum absolute atomic E-state index is 13.0. The van der Waals surface area contributed by atoms with Crippen LogP contribution in [0.15, 0.2) is 63.8 Å². The topological polar surface area (TPSA) is 30.2 Å². The van der Waals surface area contributed by atoms with E-state index in [0.29, 0.717) is 16.4 Å². The minimum Gasteiger partial charge on any atom is -0.455 e. The Labute approximate surface area is 127 Å². The lowest BCUT2D eigenvalue weighted by Gasteiger charge is -2.09. The van der Waals surface area contributed by atoms with Crippen molar-refractivity contribution in [3.8, 4) is 0 Å². The molecule has 0 aliphatic rings. The number of alkyl halides is 3. The molecule has 4 aromatic rings. The van der Waals surface area contributed by atoms with Crippen LogP contribution in [0.2, 0.25) is 0 Å². The molecule has 0 saturated heterocycles. The quantitative estimate of drug-likeness (QED) is 0.333. The zero-order valence-electron chi connectivity index (χ0n) is 11.6. The number of fused-ring (bicyclic) bond motifs is 4. The average molecular weight is 314 g/mol. The Kier molecular flexibility index (Phi) is 2.75. The van der Waals surface area contributed by atoms with Gasteiger partial charge in [0.15, 0.2) is 0 Å². The van der Waals surface area contributed by atoms with Crippen LogP contribution in [0.3, 0.4) is 0 Å². The number of rotatable bonds is 0. The Morgan fingerprint density at radius 3 is 2.35 bits per heavy atom. The number of para-hydroxylation sites is 1. The third-order valence-electron chi connectivity index (χ3n) is 3.89. The van der Waals surface area contributed by atoms with Gasteiger partial charge in [0.1, 0.15) is 11.2 Å². The molecule has 3 aromatic carbocycles. The maximum atomic E-state index is 13.0. The van der Waals surface area contributed by atoms with Crippen LogP contribution in [0.4, 0.5) is 13.2 Å². The molecular formula is C18H9F3O2. The summed E-state index contributed by atoms with van der Waals surface area (Å²) in [6.07, 6.45) is -4.45. The van der Waals surface area contributed by atoms with E-state index in [4.69, 9.17) is 4.42 Å². The van der Waals surface area contributed by atoms with Crippen LogP contribution < -0.4 is 5.43 Å². The summed E-state index contributed by atoms with van der Waals surface area (Å²) in [5, 5.41) is 1.55. The lowest BCUT2D eigenvalue weighted by atomic mass is 10.0. The van der Waals surface area contributed by atoms with Gasteiger partial charge < -0.3 is 4.42 Å². The summed E-state index contributed by atoms with van der Waals surface area (Å²) in [5.74, 6) is 0. The Morgan fingerprint density at radius 2 is 1.57 bits per heavy atom. The molecule has 0 atom stereocenters. The molecular weight excluding hydrogens is 305 g/mol. The molecule has 114 valence electrons. The standard InChI is InChI=1S/C18H9F3O2/c19-18(20,21)11-7-5-10-6-8-13-16(22)12-3-1-2-4-15(12)23-17(13)14(10)9-11/h1-9H. The molecule has 0 unspecified atom stereocenters. The summed E-state index contributed by atoms with van der Waals surface area (Å²) in [5.41, 5.74) is -0.485. The molecule has 5 heteroatoms. The van der Waals surface area contributed by atoms with Crippen molar-refractivity contribution in [1.82, 2.24) is 0 Å². The van der Waals surface area contributed by atoms with Gasteiger partial charge in [0.05, 0.1) is 16.3 Å². The number of hydrogen-bond donors (Lipinski definition) is 0. The summed E-state index contributed by atoms with van der Waals surface area (Å²) >= 11 is 0. The molecule has 0 amide bonds. The first kappa shape index (κ1) is 13.8. The fourth-order valence-corrected chi connectivity index (χ4v) is 2.76. The predicted octanol–water partition coefficient (Wildman–Crippen LogP) is 5.12. The van der Waals surface area contributed by atoms with Crippen LogP contribution in [-0.4, -0.2) is 0 Å². The van der Waals surface area contributed by atoms with Crippen LogP contribution in [0.5, 0.6) is 0 Å². The van der Waals surface area contributed by atoms with E-state index in [0.717, 1.165) is 12.1 Å². The Balaban J connectivity index is 2.21. The summed E-state index contributed by atoms with van der Waals surface area (Å²) < 4.78 is 44.6. The molecule has 0 bridgehead atoms. The minimum atomic E-state index is -4.45. The van der Waals surface area contributed by atoms with Crippen molar-refractivity contribution in [3.63, 3.8) is 0 Å². The van der Waals surface area contributed by atoms with Crippen molar-refractivity contribution >= 4 is 32.7 Å². The van der Waals surface area contributed by atoms with Crippen LogP contribution in [0.1, 0.15) is 5.56 Å². The highest BCUT2D eigenvalue weighted by Gasteiger charge is 2.30. The first-order chi connectivity index (χ1) is 10.9. The number of hydrogen-bond acceptors (Lipinski definition) is 2. The number of benzene rings is 3. The highest BCUT2D eigenvalue weighted by molar-refractivity contribution is 6.06. The molecule has 0 spiro atoms. The van der Waals surface area contributed by atoms with Crippen molar-refractivity contribution in [2.24, 2.45) is 0 Å². The van der Waals surface area contributed by atoms with Gasteiger partial charge in [-0.2, -0.15) is 13.2 Å². The molecule has 0 aliphatic carbocycles. The smallest absolute Gasteiger partial charge is 0.416 e. The highest BCUT2D eigenvalue weighted by atomic mass is 19.4. The summed E-state index contributed by atoms with van der Waals surface area (Å²) in [6.45, 7) is 0. The van der Waals surface area contributed by atoms with Gasteiger partial charge in [-0.25, -0.2) is 0 Å². The molecule has 0 saturated carbocycles. The fourth-order valence-electron chi connectivity index (χ4n) is 2.76. The van der Waals surface area contributed by atoms with Crippen LogP contribution in [0.25, 0.3) is 32.7 Å². The van der Waals surface area contributed by atoms with Crippen LogP contribution >= 0.6 is 0 Å². The molecule has 2 nitrogen and oxygen atoms in total. The van der Waals surface area contributed by atoms with Gasteiger partial charge in [0.25, 0.3) is 0 Å². The third kappa shape index (κ3) is 2.08. The molecule has 1 heterocycles. The predicted molar refractivity (Wildman–Crippen MR) is 82.5 cm³/mol. The van der Waals surface area contributed by atoms with E-state index in [1.54, 1.807) is 36.4 Å². The molecule has 0 aliphatic heterocycles. The van der Waals surface area contributed by atoms with Gasteiger partial charge in [-0.05, 0) is 35.7 Å². The van der Waals surface area contributed by atoms with Gasteiger partial charge in [0.2, 0.25) is 5.43 Å². The minimum absolute atomic E-state index is 0.178. The first-order valence-corrected chi connectivity index (χ1v) is 6.91. The van der Waals surface area contributed by atoms with Crippen molar-refractivity contribution in [3.05, 3.63) is 70.4 Å². The zero-order valence-corrected chi connectivity index (χ0v) is 11.6.